The Kier molecular flexibility index (Phi) is 5.08. The molecule has 0 saturated carbocycles. The number of nitrogens with zero attached hydrogens (tertiary/aromatic N) is 4. The smallest absolute Gasteiger partial charge is 0.273 e. The summed E-state index contributed by atoms with van der Waals surface area (Å²) in [6.45, 7) is 5.67. The number of nitrogens with one attached hydrogen (secondary N) is 1. The first-order valence-corrected chi connectivity index (χ1v) is 10.0. The molecule has 0 spiro atoms. The van der Waals surface area contributed by atoms with E-state index in [1.807, 2.05) is 52.2 Å². The monoisotopic (exact) mass is 395 g/mol. The molecule has 1 aliphatic heterocycles. The van der Waals surface area contributed by atoms with Gasteiger partial charge in [-0.3, -0.25) is 19.1 Å². The summed E-state index contributed by atoms with van der Waals surface area (Å²) in [6.07, 6.45) is 2.28. The lowest BCUT2D eigenvalue weighted by Crippen LogP contribution is -2.35. The quantitative estimate of drug-likeness (QED) is 0.643. The van der Waals surface area contributed by atoms with Gasteiger partial charge in [0.2, 0.25) is 11.8 Å². The van der Waals surface area contributed by atoms with Crippen molar-refractivity contribution in [1.29, 1.82) is 0 Å². The molecule has 4 rings (SSSR count). The highest BCUT2D eigenvalue weighted by atomic mass is 16.2. The minimum Gasteiger partial charge on any atom is -0.354 e. The maximum absolute atomic E-state index is 12.9. The molecule has 1 atom stereocenters. The molecule has 0 aliphatic carbocycles. The number of carbonyl (C=O) groups excluding carboxylic acids is 2. The first-order valence-electron chi connectivity index (χ1n) is 10.0. The minimum atomic E-state index is -0.492. The number of carbonyl (C=O) groups is 2. The molecule has 3 aromatic rings. The molecule has 1 unspecified atom stereocenters. The van der Waals surface area contributed by atoms with Crippen LogP contribution in [0.25, 0.3) is 16.6 Å². The van der Waals surface area contributed by atoms with Crippen LogP contribution >= 0.6 is 0 Å². The van der Waals surface area contributed by atoms with Gasteiger partial charge in [0, 0.05) is 43.2 Å². The Balaban J connectivity index is 1.56. The third-order valence-electron chi connectivity index (χ3n) is 5.51. The lowest BCUT2D eigenvalue weighted by Gasteiger charge is -2.19. The van der Waals surface area contributed by atoms with Crippen LogP contribution in [0.2, 0.25) is 0 Å². The van der Waals surface area contributed by atoms with Crippen molar-refractivity contribution in [1.82, 2.24) is 24.4 Å². The zero-order chi connectivity index (χ0) is 20.5. The normalized spacial score (nSPS) is 15.4. The standard InChI is InChI=1S/C21H25N5O3/c1-14-13-18(27)23-20-16-7-3-4-8-17(16)26(25(14)20)15(2)21(29)22-10-6-12-24-11-5-9-19(24)28/h3-4,7-8,13,15H,5-6,9-12H2,1-2H3,(H,22,29). The first kappa shape index (κ1) is 19.2. The van der Waals surface area contributed by atoms with Gasteiger partial charge in [0.05, 0.1) is 5.52 Å². The van der Waals surface area contributed by atoms with Crippen molar-refractivity contribution in [2.75, 3.05) is 19.6 Å². The fourth-order valence-electron chi connectivity index (χ4n) is 4.07. The van der Waals surface area contributed by atoms with Gasteiger partial charge in [0.1, 0.15) is 6.04 Å². The number of aryl methyl sites for hydroxylation is 1. The molecule has 1 saturated heterocycles. The highest BCUT2D eigenvalue weighted by Crippen LogP contribution is 2.25. The zero-order valence-electron chi connectivity index (χ0n) is 16.7. The summed E-state index contributed by atoms with van der Waals surface area (Å²) in [5.74, 6) is 0.0885. The van der Waals surface area contributed by atoms with Crippen molar-refractivity contribution < 1.29 is 9.59 Å². The van der Waals surface area contributed by atoms with E-state index in [0.717, 1.165) is 36.0 Å². The molecule has 29 heavy (non-hydrogen) atoms. The molecule has 8 nitrogen and oxygen atoms in total. The third-order valence-corrected chi connectivity index (χ3v) is 5.51. The second-order valence-corrected chi connectivity index (χ2v) is 7.54. The SMILES string of the molecule is Cc1cc(=O)nc2c3ccccc3n(C(C)C(=O)NCCCN3CCCC3=O)n12. The van der Waals surface area contributed by atoms with Crippen LogP contribution in [0.5, 0.6) is 0 Å². The van der Waals surface area contributed by atoms with E-state index in [-0.39, 0.29) is 17.4 Å². The Labute approximate surface area is 168 Å². The maximum atomic E-state index is 12.9. The Morgan fingerprint density at radius 1 is 1.28 bits per heavy atom. The van der Waals surface area contributed by atoms with E-state index in [1.54, 1.807) is 0 Å². The summed E-state index contributed by atoms with van der Waals surface area (Å²) in [5, 5.41) is 3.81. The van der Waals surface area contributed by atoms with Crippen molar-refractivity contribution in [3.63, 3.8) is 0 Å². The Bertz CT molecular complexity index is 1150. The predicted octanol–water partition coefficient (Wildman–Crippen LogP) is 1.65. The molecule has 0 radical (unpaired) electrons. The lowest BCUT2D eigenvalue weighted by molar-refractivity contribution is -0.127. The van der Waals surface area contributed by atoms with Gasteiger partial charge in [-0.15, -0.1) is 0 Å². The molecule has 3 heterocycles. The zero-order valence-corrected chi connectivity index (χ0v) is 16.7. The van der Waals surface area contributed by atoms with Gasteiger partial charge in [-0.05, 0) is 38.8 Å². The molecule has 8 heteroatoms. The number of para-hydroxylation sites is 1. The van der Waals surface area contributed by atoms with Crippen LogP contribution in [-0.4, -0.2) is 50.5 Å². The predicted molar refractivity (Wildman–Crippen MR) is 110 cm³/mol. The number of benzene rings is 1. The number of aromatic nitrogens is 3. The topological polar surface area (TPSA) is 88.7 Å². The number of amides is 2. The average molecular weight is 395 g/mol. The summed E-state index contributed by atoms with van der Waals surface area (Å²) in [5.41, 5.74) is 1.83. The van der Waals surface area contributed by atoms with Gasteiger partial charge in [0.15, 0.2) is 5.65 Å². The van der Waals surface area contributed by atoms with E-state index in [4.69, 9.17) is 0 Å². The highest BCUT2D eigenvalue weighted by Gasteiger charge is 2.23. The second kappa shape index (κ2) is 7.69. The van der Waals surface area contributed by atoms with Crippen LogP contribution < -0.4 is 10.9 Å². The molecule has 1 aromatic carbocycles. The van der Waals surface area contributed by atoms with Gasteiger partial charge in [-0.25, -0.2) is 4.52 Å². The molecular weight excluding hydrogens is 370 g/mol. The molecular formula is C21H25N5O3. The summed E-state index contributed by atoms with van der Waals surface area (Å²) in [7, 11) is 0. The highest BCUT2D eigenvalue weighted by molar-refractivity contribution is 5.94. The fourth-order valence-corrected chi connectivity index (χ4v) is 4.07. The molecule has 0 bridgehead atoms. The van der Waals surface area contributed by atoms with Gasteiger partial charge < -0.3 is 10.2 Å². The van der Waals surface area contributed by atoms with Crippen LogP contribution in [0.3, 0.4) is 0 Å². The van der Waals surface area contributed by atoms with Crippen LogP contribution in [0.1, 0.15) is 37.9 Å². The Morgan fingerprint density at radius 2 is 2.07 bits per heavy atom. The summed E-state index contributed by atoms with van der Waals surface area (Å²) >= 11 is 0. The van der Waals surface area contributed by atoms with Gasteiger partial charge in [-0.2, -0.15) is 4.98 Å². The fraction of sp³-hybridized carbons (Fsp3) is 0.429. The van der Waals surface area contributed by atoms with Crippen LogP contribution in [0.4, 0.5) is 0 Å². The molecule has 1 N–H and O–H groups in total. The molecule has 1 fully saturated rings. The van der Waals surface area contributed by atoms with Crippen molar-refractivity contribution in [2.24, 2.45) is 0 Å². The molecule has 1 aliphatic rings. The van der Waals surface area contributed by atoms with E-state index in [9.17, 15) is 14.4 Å². The maximum Gasteiger partial charge on any atom is 0.273 e. The van der Waals surface area contributed by atoms with E-state index in [1.165, 1.54) is 6.07 Å². The summed E-state index contributed by atoms with van der Waals surface area (Å²) in [6, 6.07) is 8.62. The first-order chi connectivity index (χ1) is 14.0. The molecule has 2 aromatic heterocycles. The van der Waals surface area contributed by atoms with E-state index in [0.29, 0.717) is 25.2 Å². The van der Waals surface area contributed by atoms with E-state index in [2.05, 4.69) is 10.3 Å². The lowest BCUT2D eigenvalue weighted by atomic mass is 10.2. The number of hydrogen-bond donors (Lipinski definition) is 1. The largest absolute Gasteiger partial charge is 0.354 e. The second-order valence-electron chi connectivity index (χ2n) is 7.54. The van der Waals surface area contributed by atoms with Crippen molar-refractivity contribution >= 4 is 28.4 Å². The number of rotatable bonds is 6. The Morgan fingerprint density at radius 3 is 2.83 bits per heavy atom. The number of hydrogen-bond acceptors (Lipinski definition) is 4. The van der Waals surface area contributed by atoms with E-state index >= 15 is 0 Å². The van der Waals surface area contributed by atoms with Crippen molar-refractivity contribution in [3.8, 4) is 0 Å². The number of likely N-dealkylation sites (tertiary alicyclic amines) is 1. The average Bonchev–Trinajstić information content (AvgIpc) is 3.26. The third kappa shape index (κ3) is 3.50. The summed E-state index contributed by atoms with van der Waals surface area (Å²) in [4.78, 5) is 42.5. The van der Waals surface area contributed by atoms with Crippen LogP contribution in [-0.2, 0) is 9.59 Å². The van der Waals surface area contributed by atoms with Crippen molar-refractivity contribution in [3.05, 3.63) is 46.4 Å². The van der Waals surface area contributed by atoms with Gasteiger partial charge in [-0.1, -0.05) is 12.1 Å². The number of fused-ring (bicyclic) bond motifs is 3. The van der Waals surface area contributed by atoms with Crippen molar-refractivity contribution in [2.45, 2.75) is 39.2 Å². The van der Waals surface area contributed by atoms with Crippen LogP contribution in [0.15, 0.2) is 35.1 Å². The molecule has 152 valence electrons. The minimum absolute atomic E-state index is 0.112. The van der Waals surface area contributed by atoms with E-state index < -0.39 is 6.04 Å². The van der Waals surface area contributed by atoms with Gasteiger partial charge >= 0.3 is 0 Å². The van der Waals surface area contributed by atoms with Crippen LogP contribution in [0, 0.1) is 6.92 Å². The Hall–Kier alpha value is -3.16. The molecule has 2 amide bonds. The summed E-state index contributed by atoms with van der Waals surface area (Å²) < 4.78 is 3.71. The van der Waals surface area contributed by atoms with Gasteiger partial charge in [0.25, 0.3) is 5.56 Å².